The molecule has 0 spiro atoms. The first-order valence-corrected chi connectivity index (χ1v) is 8.13. The van der Waals surface area contributed by atoms with Crippen molar-refractivity contribution in [2.45, 2.75) is 50.7 Å². The number of hydrogen-bond acceptors (Lipinski definition) is 3. The molecule has 5 heteroatoms. The Morgan fingerprint density at radius 1 is 1.47 bits per heavy atom. The summed E-state index contributed by atoms with van der Waals surface area (Å²) in [6, 6.07) is 2.12. The van der Waals surface area contributed by atoms with E-state index in [1.165, 1.54) is 30.6 Å². The minimum Gasteiger partial charge on any atom is -0.480 e. The number of likely N-dealkylation sites (tertiary alicyclic amines) is 1. The number of carboxylic acids is 1. The third-order valence-corrected chi connectivity index (χ3v) is 5.80. The molecule has 1 aliphatic carbocycles. The van der Waals surface area contributed by atoms with Crippen LogP contribution in [-0.2, 0) is 11.3 Å². The van der Waals surface area contributed by atoms with Gasteiger partial charge in [0, 0.05) is 12.6 Å². The maximum atomic E-state index is 11.5. The van der Waals surface area contributed by atoms with Gasteiger partial charge in [0.05, 0.1) is 4.34 Å². The van der Waals surface area contributed by atoms with Gasteiger partial charge >= 0.3 is 5.97 Å². The standard InChI is InChI=1S/C14H18ClNO2S/c15-13-10(5-6-19-13)8-16-11-4-2-1-3-9(11)7-12(16)14(17)18/h5-6,9,11-12H,1-4,7-8H2,(H,17,18). The molecule has 3 rings (SSSR count). The zero-order chi connectivity index (χ0) is 13.4. The van der Waals surface area contributed by atoms with Gasteiger partial charge in [0.15, 0.2) is 0 Å². The van der Waals surface area contributed by atoms with E-state index in [1.54, 1.807) is 0 Å². The lowest BCUT2D eigenvalue weighted by molar-refractivity contribution is -0.142. The van der Waals surface area contributed by atoms with E-state index in [1.807, 2.05) is 11.4 Å². The number of thiophene rings is 1. The maximum Gasteiger partial charge on any atom is 0.320 e. The van der Waals surface area contributed by atoms with Gasteiger partial charge in [-0.25, -0.2) is 0 Å². The Kier molecular flexibility index (Phi) is 3.83. The summed E-state index contributed by atoms with van der Waals surface area (Å²) in [5.41, 5.74) is 1.07. The Labute approximate surface area is 122 Å². The molecule has 1 N–H and O–H groups in total. The first-order valence-electron chi connectivity index (χ1n) is 6.87. The van der Waals surface area contributed by atoms with E-state index in [4.69, 9.17) is 11.6 Å². The molecule has 1 aromatic rings. The third-order valence-electron chi connectivity index (χ3n) is 4.55. The summed E-state index contributed by atoms with van der Waals surface area (Å²) in [7, 11) is 0. The molecule has 3 atom stereocenters. The van der Waals surface area contributed by atoms with Crippen molar-refractivity contribution in [3.63, 3.8) is 0 Å². The van der Waals surface area contributed by atoms with Crippen LogP contribution in [0.3, 0.4) is 0 Å². The van der Waals surface area contributed by atoms with Crippen molar-refractivity contribution in [3.8, 4) is 0 Å². The molecule has 1 aliphatic heterocycles. The second-order valence-corrected chi connectivity index (χ2v) is 7.11. The number of hydrogen-bond donors (Lipinski definition) is 1. The molecule has 3 unspecified atom stereocenters. The molecule has 2 aliphatic rings. The average molecular weight is 300 g/mol. The van der Waals surface area contributed by atoms with Crippen LogP contribution < -0.4 is 0 Å². The van der Waals surface area contributed by atoms with Crippen molar-refractivity contribution < 1.29 is 9.90 Å². The predicted molar refractivity (Wildman–Crippen MR) is 76.7 cm³/mol. The number of halogens is 1. The molecule has 0 aromatic carbocycles. The summed E-state index contributed by atoms with van der Waals surface area (Å²) < 4.78 is 0.795. The second-order valence-electron chi connectivity index (χ2n) is 5.59. The zero-order valence-corrected chi connectivity index (χ0v) is 12.3. The number of fused-ring (bicyclic) bond motifs is 1. The summed E-state index contributed by atoms with van der Waals surface area (Å²) in [4.78, 5) is 13.7. The van der Waals surface area contributed by atoms with Crippen LogP contribution in [-0.4, -0.2) is 28.1 Å². The van der Waals surface area contributed by atoms with Gasteiger partial charge in [-0.2, -0.15) is 0 Å². The van der Waals surface area contributed by atoms with Crippen molar-refractivity contribution in [2.24, 2.45) is 5.92 Å². The van der Waals surface area contributed by atoms with Crippen molar-refractivity contribution in [3.05, 3.63) is 21.3 Å². The van der Waals surface area contributed by atoms with Crippen LogP contribution in [0.2, 0.25) is 4.34 Å². The van der Waals surface area contributed by atoms with E-state index in [0.717, 1.165) is 22.7 Å². The first kappa shape index (κ1) is 13.4. The highest BCUT2D eigenvalue weighted by Crippen LogP contribution is 2.41. The molecule has 3 nitrogen and oxygen atoms in total. The Hall–Kier alpha value is -0.580. The largest absolute Gasteiger partial charge is 0.480 e. The maximum absolute atomic E-state index is 11.5. The monoisotopic (exact) mass is 299 g/mol. The summed E-state index contributed by atoms with van der Waals surface area (Å²) in [5, 5.41) is 11.4. The Morgan fingerprint density at radius 2 is 2.26 bits per heavy atom. The summed E-state index contributed by atoms with van der Waals surface area (Å²) in [6.07, 6.45) is 5.60. The zero-order valence-electron chi connectivity index (χ0n) is 10.7. The lowest BCUT2D eigenvalue weighted by Gasteiger charge is -2.32. The molecule has 104 valence electrons. The molecule has 0 bridgehead atoms. The second kappa shape index (κ2) is 5.43. The Bertz CT molecular complexity index is 476. The number of nitrogens with zero attached hydrogens (tertiary/aromatic N) is 1. The average Bonchev–Trinajstić information content (AvgIpc) is 2.95. The summed E-state index contributed by atoms with van der Waals surface area (Å²) in [5.74, 6) is -0.118. The lowest BCUT2D eigenvalue weighted by Crippen LogP contribution is -2.41. The topological polar surface area (TPSA) is 40.5 Å². The number of aliphatic carboxylic acids is 1. The molecule has 0 radical (unpaired) electrons. The van der Waals surface area contributed by atoms with Gasteiger partial charge in [-0.05, 0) is 42.2 Å². The van der Waals surface area contributed by atoms with Gasteiger partial charge < -0.3 is 5.11 Å². The van der Waals surface area contributed by atoms with Crippen molar-refractivity contribution in [2.75, 3.05) is 0 Å². The van der Waals surface area contributed by atoms with E-state index in [9.17, 15) is 9.90 Å². The van der Waals surface area contributed by atoms with Crippen LogP contribution in [0.4, 0.5) is 0 Å². The van der Waals surface area contributed by atoms with E-state index >= 15 is 0 Å². The number of carbonyl (C=O) groups is 1. The molecular weight excluding hydrogens is 282 g/mol. The molecule has 19 heavy (non-hydrogen) atoms. The number of carboxylic acid groups (broad SMARTS) is 1. The fraction of sp³-hybridized carbons (Fsp3) is 0.643. The highest BCUT2D eigenvalue weighted by molar-refractivity contribution is 7.14. The minimum absolute atomic E-state index is 0.330. The van der Waals surface area contributed by atoms with E-state index in [-0.39, 0.29) is 6.04 Å². The van der Waals surface area contributed by atoms with Crippen LogP contribution in [0.1, 0.15) is 37.7 Å². The molecule has 1 aromatic heterocycles. The van der Waals surface area contributed by atoms with Gasteiger partial charge in [-0.3, -0.25) is 9.69 Å². The SMILES string of the molecule is O=C(O)C1CC2CCCCC2N1Cc1ccsc1Cl. The fourth-order valence-electron chi connectivity index (χ4n) is 3.65. The molecular formula is C14H18ClNO2S. The van der Waals surface area contributed by atoms with Crippen molar-refractivity contribution in [1.82, 2.24) is 4.90 Å². The van der Waals surface area contributed by atoms with Crippen LogP contribution in [0.25, 0.3) is 0 Å². The predicted octanol–water partition coefficient (Wildman–Crippen LogP) is 3.62. The first-order chi connectivity index (χ1) is 9.16. The molecule has 2 heterocycles. The van der Waals surface area contributed by atoms with E-state index in [0.29, 0.717) is 18.5 Å². The van der Waals surface area contributed by atoms with E-state index in [2.05, 4.69) is 4.90 Å². The van der Waals surface area contributed by atoms with Crippen molar-refractivity contribution >= 4 is 28.9 Å². The summed E-state index contributed by atoms with van der Waals surface area (Å²) in [6.45, 7) is 0.681. The lowest BCUT2D eigenvalue weighted by atomic mass is 9.85. The summed E-state index contributed by atoms with van der Waals surface area (Å²) >= 11 is 7.68. The minimum atomic E-state index is -0.680. The third kappa shape index (κ3) is 2.54. The molecule has 1 saturated carbocycles. The molecule has 2 fully saturated rings. The fourth-order valence-corrected chi connectivity index (χ4v) is 4.56. The van der Waals surface area contributed by atoms with E-state index < -0.39 is 5.97 Å². The molecule has 1 saturated heterocycles. The highest BCUT2D eigenvalue weighted by atomic mass is 35.5. The van der Waals surface area contributed by atoms with Gasteiger partial charge in [0.2, 0.25) is 0 Å². The van der Waals surface area contributed by atoms with Gasteiger partial charge in [0.25, 0.3) is 0 Å². The van der Waals surface area contributed by atoms with Gasteiger partial charge in [0.1, 0.15) is 6.04 Å². The smallest absolute Gasteiger partial charge is 0.320 e. The van der Waals surface area contributed by atoms with Gasteiger partial charge in [-0.15, -0.1) is 11.3 Å². The van der Waals surface area contributed by atoms with Crippen LogP contribution in [0.5, 0.6) is 0 Å². The highest BCUT2D eigenvalue weighted by Gasteiger charge is 2.45. The quantitative estimate of drug-likeness (QED) is 0.927. The Balaban J connectivity index is 1.82. The molecule has 0 amide bonds. The van der Waals surface area contributed by atoms with Crippen LogP contribution in [0.15, 0.2) is 11.4 Å². The number of rotatable bonds is 3. The normalized spacial score (nSPS) is 31.3. The Morgan fingerprint density at radius 3 is 2.95 bits per heavy atom. The van der Waals surface area contributed by atoms with Crippen LogP contribution in [0, 0.1) is 5.92 Å². The van der Waals surface area contributed by atoms with Crippen LogP contribution >= 0.6 is 22.9 Å². The van der Waals surface area contributed by atoms with Crippen molar-refractivity contribution in [1.29, 1.82) is 0 Å². The van der Waals surface area contributed by atoms with Gasteiger partial charge in [-0.1, -0.05) is 24.4 Å².